The summed E-state index contributed by atoms with van der Waals surface area (Å²) in [7, 11) is 0. The molecule has 2 rings (SSSR count). The number of hydrogen-bond acceptors (Lipinski definition) is 6. The van der Waals surface area contributed by atoms with E-state index in [1.165, 1.54) is 0 Å². The lowest BCUT2D eigenvalue weighted by atomic mass is 10.2. The number of rotatable bonds is 5. The molecular weight excluding hydrogens is 370 g/mol. The summed E-state index contributed by atoms with van der Waals surface area (Å²) in [6.45, 7) is 2.19. The predicted octanol–water partition coefficient (Wildman–Crippen LogP) is 2.89. The standard InChI is InChI=1S/C14H12BrN3O3S/c1-2-20-10-6-8(5-9(15)12(10)21-4-3-16)7-11-13(19)18-14(17)22-11/h5-7H,2,4H2,1H3,(H2,17,18,19). The molecule has 0 atom stereocenters. The predicted molar refractivity (Wildman–Crippen MR) is 87.9 cm³/mol. The van der Waals surface area contributed by atoms with Gasteiger partial charge in [0.2, 0.25) is 0 Å². The minimum absolute atomic E-state index is 0.0888. The van der Waals surface area contributed by atoms with Gasteiger partial charge in [-0.15, -0.1) is 0 Å². The van der Waals surface area contributed by atoms with Crippen molar-refractivity contribution in [3.63, 3.8) is 0 Å². The Balaban J connectivity index is 2.38. The SMILES string of the molecule is CCOc1cc(C=C2SC(=N)NC2=O)cc(Br)c1OCC#N. The Bertz CT molecular complexity index is 697. The van der Waals surface area contributed by atoms with Crippen LogP contribution >= 0.6 is 27.7 Å². The van der Waals surface area contributed by atoms with Crippen LogP contribution in [0.5, 0.6) is 11.5 Å². The molecule has 8 heteroatoms. The summed E-state index contributed by atoms with van der Waals surface area (Å²) in [5.41, 5.74) is 0.729. The monoisotopic (exact) mass is 381 g/mol. The maximum absolute atomic E-state index is 11.6. The summed E-state index contributed by atoms with van der Waals surface area (Å²) in [6.07, 6.45) is 1.67. The fourth-order valence-corrected chi connectivity index (χ4v) is 3.05. The molecule has 114 valence electrons. The van der Waals surface area contributed by atoms with Gasteiger partial charge in [-0.3, -0.25) is 10.2 Å². The van der Waals surface area contributed by atoms with Crippen molar-refractivity contribution in [1.82, 2.24) is 5.32 Å². The third-order valence-electron chi connectivity index (χ3n) is 2.57. The molecular formula is C14H12BrN3O3S. The zero-order chi connectivity index (χ0) is 16.1. The second-order valence-electron chi connectivity index (χ2n) is 4.10. The molecule has 6 nitrogen and oxygen atoms in total. The fourth-order valence-electron chi connectivity index (χ4n) is 1.77. The van der Waals surface area contributed by atoms with Gasteiger partial charge >= 0.3 is 0 Å². The normalized spacial score (nSPS) is 15.6. The summed E-state index contributed by atoms with van der Waals surface area (Å²) >= 11 is 4.45. The number of carbonyl (C=O) groups excluding carboxylic acids is 1. The van der Waals surface area contributed by atoms with Crippen molar-refractivity contribution < 1.29 is 14.3 Å². The van der Waals surface area contributed by atoms with Crippen LogP contribution in [-0.4, -0.2) is 24.3 Å². The Kier molecular flexibility index (Phi) is 5.46. The number of ether oxygens (including phenoxy) is 2. The van der Waals surface area contributed by atoms with Crippen molar-refractivity contribution in [1.29, 1.82) is 10.7 Å². The van der Waals surface area contributed by atoms with Gasteiger partial charge in [0, 0.05) is 0 Å². The molecule has 0 radical (unpaired) electrons. The van der Waals surface area contributed by atoms with Gasteiger partial charge in [-0.05, 0) is 58.4 Å². The first-order valence-electron chi connectivity index (χ1n) is 6.30. The van der Waals surface area contributed by atoms with Crippen molar-refractivity contribution in [2.24, 2.45) is 0 Å². The van der Waals surface area contributed by atoms with E-state index in [0.29, 0.717) is 27.5 Å². The maximum atomic E-state index is 11.6. The second kappa shape index (κ2) is 7.33. The largest absolute Gasteiger partial charge is 0.490 e. The van der Waals surface area contributed by atoms with E-state index in [1.54, 1.807) is 18.2 Å². The lowest BCUT2D eigenvalue weighted by Gasteiger charge is -2.13. The van der Waals surface area contributed by atoms with Crippen LogP contribution < -0.4 is 14.8 Å². The van der Waals surface area contributed by atoms with Gasteiger partial charge in [0.25, 0.3) is 5.91 Å². The number of hydrogen-bond donors (Lipinski definition) is 2. The number of amidine groups is 1. The molecule has 1 aliphatic rings. The van der Waals surface area contributed by atoms with Crippen molar-refractivity contribution in [3.8, 4) is 17.6 Å². The van der Waals surface area contributed by atoms with E-state index in [2.05, 4.69) is 21.2 Å². The molecule has 0 bridgehead atoms. The van der Waals surface area contributed by atoms with Crippen molar-refractivity contribution in [2.75, 3.05) is 13.2 Å². The van der Waals surface area contributed by atoms with Crippen LogP contribution in [0.1, 0.15) is 12.5 Å². The second-order valence-corrected chi connectivity index (χ2v) is 6.01. The molecule has 0 unspecified atom stereocenters. The highest BCUT2D eigenvalue weighted by Gasteiger charge is 2.22. The number of halogens is 1. The molecule has 0 aliphatic carbocycles. The Hall–Kier alpha value is -1.98. The van der Waals surface area contributed by atoms with Gasteiger partial charge in [-0.1, -0.05) is 0 Å². The number of nitrogens with zero attached hydrogens (tertiary/aromatic N) is 1. The van der Waals surface area contributed by atoms with Gasteiger partial charge in [0.15, 0.2) is 23.3 Å². The molecule has 1 aliphatic heterocycles. The molecule has 0 aromatic heterocycles. The van der Waals surface area contributed by atoms with Crippen molar-refractivity contribution in [2.45, 2.75) is 6.92 Å². The summed E-state index contributed by atoms with van der Waals surface area (Å²) in [5.74, 6) is 0.633. The van der Waals surface area contributed by atoms with E-state index in [9.17, 15) is 4.79 Å². The summed E-state index contributed by atoms with van der Waals surface area (Å²) in [5, 5.41) is 18.6. The van der Waals surface area contributed by atoms with Crippen molar-refractivity contribution >= 4 is 44.8 Å². The lowest BCUT2D eigenvalue weighted by Crippen LogP contribution is -2.18. The van der Waals surface area contributed by atoms with E-state index in [4.69, 9.17) is 20.1 Å². The van der Waals surface area contributed by atoms with Gasteiger partial charge in [0.1, 0.15) is 6.07 Å². The minimum Gasteiger partial charge on any atom is -0.490 e. The summed E-state index contributed by atoms with van der Waals surface area (Å²) in [6, 6.07) is 5.39. The zero-order valence-electron chi connectivity index (χ0n) is 11.6. The third kappa shape index (κ3) is 3.81. The first-order valence-corrected chi connectivity index (χ1v) is 7.91. The fraction of sp³-hybridized carbons (Fsp3) is 0.214. The smallest absolute Gasteiger partial charge is 0.264 e. The highest BCUT2D eigenvalue weighted by atomic mass is 79.9. The minimum atomic E-state index is -0.297. The Morgan fingerprint density at radius 1 is 1.50 bits per heavy atom. The van der Waals surface area contributed by atoms with E-state index in [0.717, 1.165) is 17.3 Å². The highest BCUT2D eigenvalue weighted by molar-refractivity contribution is 9.10. The number of carbonyl (C=O) groups is 1. The lowest BCUT2D eigenvalue weighted by molar-refractivity contribution is -0.115. The van der Waals surface area contributed by atoms with Gasteiger partial charge in [-0.2, -0.15) is 5.26 Å². The van der Waals surface area contributed by atoms with E-state index >= 15 is 0 Å². The van der Waals surface area contributed by atoms with Crippen LogP contribution in [0, 0.1) is 16.7 Å². The van der Waals surface area contributed by atoms with Crippen LogP contribution in [0.2, 0.25) is 0 Å². The Morgan fingerprint density at radius 3 is 2.86 bits per heavy atom. The average Bonchev–Trinajstić information content (AvgIpc) is 2.76. The number of nitriles is 1. The Labute approximate surface area is 140 Å². The van der Waals surface area contributed by atoms with Gasteiger partial charge in [-0.25, -0.2) is 0 Å². The Morgan fingerprint density at radius 2 is 2.27 bits per heavy atom. The molecule has 1 amide bonds. The molecule has 1 saturated heterocycles. The quantitative estimate of drug-likeness (QED) is 0.764. The molecule has 1 aromatic rings. The molecule has 1 heterocycles. The number of benzene rings is 1. The molecule has 2 N–H and O–H groups in total. The average molecular weight is 382 g/mol. The van der Waals surface area contributed by atoms with Crippen LogP contribution in [0.25, 0.3) is 6.08 Å². The molecule has 1 aromatic carbocycles. The van der Waals surface area contributed by atoms with E-state index < -0.39 is 0 Å². The highest BCUT2D eigenvalue weighted by Crippen LogP contribution is 2.38. The van der Waals surface area contributed by atoms with Crippen molar-refractivity contribution in [3.05, 3.63) is 27.1 Å². The molecule has 0 spiro atoms. The molecule has 22 heavy (non-hydrogen) atoms. The van der Waals surface area contributed by atoms with E-state index in [-0.39, 0.29) is 17.7 Å². The molecule has 1 fully saturated rings. The third-order valence-corrected chi connectivity index (χ3v) is 3.99. The van der Waals surface area contributed by atoms with E-state index in [1.807, 2.05) is 13.0 Å². The topological polar surface area (TPSA) is 95.2 Å². The zero-order valence-corrected chi connectivity index (χ0v) is 14.0. The summed E-state index contributed by atoms with van der Waals surface area (Å²) in [4.78, 5) is 12.1. The van der Waals surface area contributed by atoms with Gasteiger partial charge < -0.3 is 14.8 Å². The maximum Gasteiger partial charge on any atom is 0.264 e. The van der Waals surface area contributed by atoms with Crippen LogP contribution in [-0.2, 0) is 4.79 Å². The molecule has 0 saturated carbocycles. The number of thioether (sulfide) groups is 1. The van der Waals surface area contributed by atoms with Crippen LogP contribution in [0.3, 0.4) is 0 Å². The first-order chi connectivity index (χ1) is 10.5. The van der Waals surface area contributed by atoms with Gasteiger partial charge in [0.05, 0.1) is 16.0 Å². The first kappa shape index (κ1) is 16.4. The van der Waals surface area contributed by atoms with Crippen LogP contribution in [0.4, 0.5) is 0 Å². The number of nitrogens with one attached hydrogen (secondary N) is 2. The number of amides is 1. The summed E-state index contributed by atoms with van der Waals surface area (Å²) < 4.78 is 11.5. The van der Waals surface area contributed by atoms with Crippen LogP contribution in [0.15, 0.2) is 21.5 Å².